The van der Waals surface area contributed by atoms with Gasteiger partial charge in [-0.05, 0) is 32.4 Å². The predicted molar refractivity (Wildman–Crippen MR) is 73.6 cm³/mol. The maximum Gasteiger partial charge on any atom is 0.152 e. The fourth-order valence-corrected chi connectivity index (χ4v) is 1.83. The molecule has 0 radical (unpaired) electrons. The standard InChI is InChI=1S/C14H21N3O2/c1-4-14(3,9-18)15-7-11-8-16-17-13(11)12-6-5-10(2)19-12/h5-6,8,15,18H,4,7,9H2,1-3H3,(H,16,17). The van der Waals surface area contributed by atoms with E-state index in [1.165, 1.54) is 0 Å². The van der Waals surface area contributed by atoms with E-state index in [0.717, 1.165) is 29.2 Å². The quantitative estimate of drug-likeness (QED) is 0.747. The Bertz CT molecular complexity index is 526. The predicted octanol–water partition coefficient (Wildman–Crippen LogP) is 2.23. The number of nitrogens with zero attached hydrogens (tertiary/aromatic N) is 1. The van der Waals surface area contributed by atoms with Gasteiger partial charge < -0.3 is 14.8 Å². The molecule has 0 amide bonds. The maximum absolute atomic E-state index is 9.40. The van der Waals surface area contributed by atoms with E-state index >= 15 is 0 Å². The zero-order chi connectivity index (χ0) is 13.9. The molecule has 0 saturated carbocycles. The Morgan fingerprint density at radius 1 is 1.47 bits per heavy atom. The molecule has 2 rings (SSSR count). The van der Waals surface area contributed by atoms with Crippen molar-refractivity contribution in [3.63, 3.8) is 0 Å². The molecule has 0 aliphatic heterocycles. The van der Waals surface area contributed by atoms with Crippen molar-refractivity contribution < 1.29 is 9.52 Å². The van der Waals surface area contributed by atoms with Crippen molar-refractivity contribution >= 4 is 0 Å². The molecule has 1 atom stereocenters. The molecule has 0 aliphatic carbocycles. The lowest BCUT2D eigenvalue weighted by Crippen LogP contribution is -2.44. The molecule has 0 spiro atoms. The summed E-state index contributed by atoms with van der Waals surface area (Å²) in [5.41, 5.74) is 1.65. The van der Waals surface area contributed by atoms with E-state index in [0.29, 0.717) is 6.54 Å². The van der Waals surface area contributed by atoms with Gasteiger partial charge >= 0.3 is 0 Å². The molecule has 104 valence electrons. The van der Waals surface area contributed by atoms with E-state index in [1.807, 2.05) is 26.0 Å². The van der Waals surface area contributed by atoms with Crippen molar-refractivity contribution in [3.05, 3.63) is 29.7 Å². The van der Waals surface area contributed by atoms with Crippen LogP contribution in [0.5, 0.6) is 0 Å². The summed E-state index contributed by atoms with van der Waals surface area (Å²) < 4.78 is 5.60. The van der Waals surface area contributed by atoms with Gasteiger partial charge in [0.25, 0.3) is 0 Å². The molecule has 5 nitrogen and oxygen atoms in total. The highest BCUT2D eigenvalue weighted by molar-refractivity contribution is 5.56. The molecule has 3 N–H and O–H groups in total. The first-order valence-electron chi connectivity index (χ1n) is 6.53. The van der Waals surface area contributed by atoms with Crippen LogP contribution in [0.15, 0.2) is 22.7 Å². The van der Waals surface area contributed by atoms with Crippen LogP contribution in [-0.2, 0) is 6.54 Å². The number of aromatic amines is 1. The van der Waals surface area contributed by atoms with Gasteiger partial charge in [0.2, 0.25) is 0 Å². The lowest BCUT2D eigenvalue weighted by molar-refractivity contribution is 0.169. The minimum absolute atomic E-state index is 0.108. The van der Waals surface area contributed by atoms with Crippen LogP contribution >= 0.6 is 0 Å². The number of H-pyrrole nitrogens is 1. The minimum atomic E-state index is -0.270. The minimum Gasteiger partial charge on any atom is -0.460 e. The second-order valence-corrected chi connectivity index (χ2v) is 5.11. The van der Waals surface area contributed by atoms with Crippen LogP contribution in [0.25, 0.3) is 11.5 Å². The van der Waals surface area contributed by atoms with Crippen LogP contribution in [0, 0.1) is 6.92 Å². The average molecular weight is 263 g/mol. The Labute approximate surface area is 113 Å². The van der Waals surface area contributed by atoms with Crippen molar-refractivity contribution in [1.82, 2.24) is 15.5 Å². The smallest absolute Gasteiger partial charge is 0.152 e. The van der Waals surface area contributed by atoms with Crippen LogP contribution in [-0.4, -0.2) is 27.4 Å². The summed E-state index contributed by atoms with van der Waals surface area (Å²) in [6, 6.07) is 3.86. The van der Waals surface area contributed by atoms with Gasteiger partial charge in [0.1, 0.15) is 11.5 Å². The first-order valence-corrected chi connectivity index (χ1v) is 6.53. The van der Waals surface area contributed by atoms with Crippen molar-refractivity contribution in [2.75, 3.05) is 6.61 Å². The van der Waals surface area contributed by atoms with Gasteiger partial charge in [0.05, 0.1) is 12.8 Å². The van der Waals surface area contributed by atoms with Crippen molar-refractivity contribution in [2.45, 2.75) is 39.3 Å². The van der Waals surface area contributed by atoms with Crippen LogP contribution in [0.3, 0.4) is 0 Å². The molecule has 19 heavy (non-hydrogen) atoms. The molecular weight excluding hydrogens is 242 g/mol. The van der Waals surface area contributed by atoms with Gasteiger partial charge in [-0.2, -0.15) is 5.10 Å². The van der Waals surface area contributed by atoms with Crippen LogP contribution in [0.2, 0.25) is 0 Å². The Kier molecular flexibility index (Phi) is 4.07. The Morgan fingerprint density at radius 2 is 2.26 bits per heavy atom. The Morgan fingerprint density at radius 3 is 2.84 bits per heavy atom. The highest BCUT2D eigenvalue weighted by Gasteiger charge is 2.21. The van der Waals surface area contributed by atoms with E-state index in [4.69, 9.17) is 4.42 Å². The molecule has 0 saturated heterocycles. The van der Waals surface area contributed by atoms with E-state index in [1.54, 1.807) is 6.20 Å². The summed E-state index contributed by atoms with van der Waals surface area (Å²) in [7, 11) is 0. The van der Waals surface area contributed by atoms with Crippen molar-refractivity contribution in [1.29, 1.82) is 0 Å². The molecule has 0 bridgehead atoms. The first kappa shape index (κ1) is 13.8. The van der Waals surface area contributed by atoms with E-state index in [9.17, 15) is 5.11 Å². The fourth-order valence-electron chi connectivity index (χ4n) is 1.83. The summed E-state index contributed by atoms with van der Waals surface area (Å²) in [4.78, 5) is 0. The zero-order valence-electron chi connectivity index (χ0n) is 11.7. The SMILES string of the molecule is CCC(C)(CO)NCc1cn[nH]c1-c1ccc(C)o1. The van der Waals surface area contributed by atoms with Gasteiger partial charge in [-0.3, -0.25) is 5.10 Å². The highest BCUT2D eigenvalue weighted by atomic mass is 16.3. The Balaban J connectivity index is 2.12. The third-order valence-electron chi connectivity index (χ3n) is 3.54. The third-order valence-corrected chi connectivity index (χ3v) is 3.54. The second kappa shape index (κ2) is 5.59. The van der Waals surface area contributed by atoms with E-state index < -0.39 is 0 Å². The lowest BCUT2D eigenvalue weighted by atomic mass is 10.00. The Hall–Kier alpha value is -1.59. The fraction of sp³-hybridized carbons (Fsp3) is 0.500. The molecule has 0 aromatic carbocycles. The first-order chi connectivity index (χ1) is 9.08. The number of aromatic nitrogens is 2. The number of aliphatic hydroxyl groups is 1. The summed E-state index contributed by atoms with van der Waals surface area (Å²) >= 11 is 0. The summed E-state index contributed by atoms with van der Waals surface area (Å²) in [6.45, 7) is 6.71. The molecule has 5 heteroatoms. The van der Waals surface area contributed by atoms with Gasteiger partial charge in [0, 0.05) is 17.6 Å². The van der Waals surface area contributed by atoms with Crippen LogP contribution in [0.4, 0.5) is 0 Å². The number of rotatable bonds is 6. The number of hydrogen-bond donors (Lipinski definition) is 3. The van der Waals surface area contributed by atoms with Gasteiger partial charge in [-0.25, -0.2) is 0 Å². The van der Waals surface area contributed by atoms with Crippen molar-refractivity contribution in [3.8, 4) is 11.5 Å². The second-order valence-electron chi connectivity index (χ2n) is 5.11. The molecule has 0 aliphatic rings. The number of nitrogens with one attached hydrogen (secondary N) is 2. The number of aryl methyl sites for hydroxylation is 1. The normalized spacial score (nSPS) is 14.5. The zero-order valence-corrected chi connectivity index (χ0v) is 11.7. The topological polar surface area (TPSA) is 74.1 Å². The maximum atomic E-state index is 9.40. The van der Waals surface area contributed by atoms with Crippen molar-refractivity contribution in [2.24, 2.45) is 0 Å². The van der Waals surface area contributed by atoms with E-state index in [-0.39, 0.29) is 12.1 Å². The molecule has 2 aromatic rings. The molecule has 2 aromatic heterocycles. The largest absolute Gasteiger partial charge is 0.460 e. The highest BCUT2D eigenvalue weighted by Crippen LogP contribution is 2.23. The summed E-state index contributed by atoms with van der Waals surface area (Å²) in [5, 5.41) is 19.8. The van der Waals surface area contributed by atoms with Crippen LogP contribution in [0.1, 0.15) is 31.6 Å². The van der Waals surface area contributed by atoms with Gasteiger partial charge in [-0.15, -0.1) is 0 Å². The molecule has 0 fully saturated rings. The summed E-state index contributed by atoms with van der Waals surface area (Å²) in [6.07, 6.45) is 2.64. The molecule has 1 unspecified atom stereocenters. The summed E-state index contributed by atoms with van der Waals surface area (Å²) in [5.74, 6) is 1.66. The lowest BCUT2D eigenvalue weighted by Gasteiger charge is -2.27. The van der Waals surface area contributed by atoms with Gasteiger partial charge in [0.15, 0.2) is 5.76 Å². The number of furan rings is 1. The number of hydrogen-bond acceptors (Lipinski definition) is 4. The number of aliphatic hydroxyl groups excluding tert-OH is 1. The van der Waals surface area contributed by atoms with Gasteiger partial charge in [-0.1, -0.05) is 6.92 Å². The molecular formula is C14H21N3O2. The monoisotopic (exact) mass is 263 g/mol. The average Bonchev–Trinajstić information content (AvgIpc) is 3.04. The molecule has 2 heterocycles. The third kappa shape index (κ3) is 3.05. The van der Waals surface area contributed by atoms with Crippen LogP contribution < -0.4 is 5.32 Å². The van der Waals surface area contributed by atoms with E-state index in [2.05, 4.69) is 22.4 Å².